The molecule has 0 radical (unpaired) electrons. The lowest BCUT2D eigenvalue weighted by Gasteiger charge is -2.05. The van der Waals surface area contributed by atoms with Gasteiger partial charge in [0.15, 0.2) is 5.75 Å². The third kappa shape index (κ3) is 1.70. The van der Waals surface area contributed by atoms with Crippen molar-refractivity contribution >= 4 is 15.9 Å². The highest BCUT2D eigenvalue weighted by atomic mass is 79.9. The molecule has 0 bridgehead atoms. The van der Waals surface area contributed by atoms with Crippen molar-refractivity contribution < 1.29 is 9.84 Å². The van der Waals surface area contributed by atoms with Crippen molar-refractivity contribution in [3.05, 3.63) is 22.4 Å². The van der Waals surface area contributed by atoms with Gasteiger partial charge in [0.2, 0.25) is 0 Å². The minimum absolute atomic E-state index is 0.0374. The van der Waals surface area contributed by atoms with Crippen molar-refractivity contribution in [2.24, 2.45) is 0 Å². The minimum Gasteiger partial charge on any atom is -0.494 e. The van der Waals surface area contributed by atoms with Crippen LogP contribution in [0.15, 0.2) is 16.9 Å². The Morgan fingerprint density at radius 3 is 2.91 bits per heavy atom. The van der Waals surface area contributed by atoms with Crippen molar-refractivity contribution in [1.82, 2.24) is 4.98 Å². The van der Waals surface area contributed by atoms with E-state index >= 15 is 0 Å². The molecule has 0 fully saturated rings. The van der Waals surface area contributed by atoms with Crippen LogP contribution in [0, 0.1) is 0 Å². The molecule has 3 nitrogen and oxygen atoms in total. The Hall–Kier alpha value is -0.610. The van der Waals surface area contributed by atoms with Gasteiger partial charge in [0.1, 0.15) is 4.60 Å². The number of methoxy groups -OCH3 is 1. The second-order valence-corrected chi connectivity index (χ2v) is 2.70. The molecule has 0 aliphatic heterocycles. The third-order valence-corrected chi connectivity index (χ3v) is 1.88. The van der Waals surface area contributed by atoms with Gasteiger partial charge in [0, 0.05) is 11.8 Å². The van der Waals surface area contributed by atoms with Crippen molar-refractivity contribution in [1.29, 1.82) is 0 Å². The van der Waals surface area contributed by atoms with E-state index < -0.39 is 0 Å². The molecule has 60 valence electrons. The van der Waals surface area contributed by atoms with Gasteiger partial charge in [0.25, 0.3) is 0 Å². The van der Waals surface area contributed by atoms with Crippen molar-refractivity contribution in [2.75, 3.05) is 7.11 Å². The second kappa shape index (κ2) is 3.69. The SMILES string of the molecule is COc1c(CO)ccnc1Br. The smallest absolute Gasteiger partial charge is 0.157 e. The summed E-state index contributed by atoms with van der Waals surface area (Å²) in [5, 5.41) is 8.85. The first-order valence-electron chi connectivity index (χ1n) is 3.07. The zero-order valence-corrected chi connectivity index (χ0v) is 7.63. The molecule has 1 aromatic heterocycles. The lowest BCUT2D eigenvalue weighted by Crippen LogP contribution is -1.93. The topological polar surface area (TPSA) is 42.4 Å². The normalized spacial score (nSPS) is 9.73. The molecule has 0 amide bonds. The molecule has 4 heteroatoms. The van der Waals surface area contributed by atoms with Gasteiger partial charge < -0.3 is 9.84 Å². The molecule has 0 aromatic carbocycles. The van der Waals surface area contributed by atoms with Gasteiger partial charge in [-0.3, -0.25) is 0 Å². The molecule has 1 rings (SSSR count). The van der Waals surface area contributed by atoms with Crippen LogP contribution < -0.4 is 4.74 Å². The van der Waals surface area contributed by atoms with Crippen LogP contribution in [0.4, 0.5) is 0 Å². The molecule has 1 heterocycles. The Morgan fingerprint density at radius 2 is 2.45 bits per heavy atom. The van der Waals surface area contributed by atoms with Gasteiger partial charge in [-0.1, -0.05) is 0 Å². The van der Waals surface area contributed by atoms with Gasteiger partial charge >= 0.3 is 0 Å². The average Bonchev–Trinajstić information content (AvgIpc) is 2.04. The summed E-state index contributed by atoms with van der Waals surface area (Å²) >= 11 is 3.20. The van der Waals surface area contributed by atoms with E-state index in [1.807, 2.05) is 0 Å². The van der Waals surface area contributed by atoms with Gasteiger partial charge in [0.05, 0.1) is 13.7 Å². The summed E-state index contributed by atoms with van der Waals surface area (Å²) in [5.41, 5.74) is 0.731. The molecule has 0 aliphatic carbocycles. The maximum Gasteiger partial charge on any atom is 0.157 e. The highest BCUT2D eigenvalue weighted by Crippen LogP contribution is 2.25. The number of aliphatic hydroxyl groups is 1. The highest BCUT2D eigenvalue weighted by Gasteiger charge is 2.05. The van der Waals surface area contributed by atoms with Crippen molar-refractivity contribution in [3.8, 4) is 5.75 Å². The number of hydrogen-bond acceptors (Lipinski definition) is 3. The minimum atomic E-state index is -0.0374. The molecular formula is C7H8BrNO2. The van der Waals surface area contributed by atoms with Crippen molar-refractivity contribution in [2.45, 2.75) is 6.61 Å². The summed E-state index contributed by atoms with van der Waals surface area (Å²) < 4.78 is 5.61. The predicted molar refractivity (Wildman–Crippen MR) is 44.4 cm³/mol. The van der Waals surface area contributed by atoms with E-state index in [0.717, 1.165) is 5.56 Å². The monoisotopic (exact) mass is 217 g/mol. The quantitative estimate of drug-likeness (QED) is 0.761. The second-order valence-electron chi connectivity index (χ2n) is 1.95. The largest absolute Gasteiger partial charge is 0.494 e. The maximum absolute atomic E-state index is 8.85. The molecule has 1 N–H and O–H groups in total. The number of aromatic nitrogens is 1. The van der Waals surface area contributed by atoms with E-state index in [-0.39, 0.29) is 6.61 Å². The molecule has 0 saturated heterocycles. The number of aliphatic hydroxyl groups excluding tert-OH is 1. The first-order valence-corrected chi connectivity index (χ1v) is 3.87. The molecular weight excluding hydrogens is 210 g/mol. The fourth-order valence-corrected chi connectivity index (χ4v) is 1.33. The number of pyridine rings is 1. The van der Waals surface area contributed by atoms with E-state index in [9.17, 15) is 0 Å². The fraction of sp³-hybridized carbons (Fsp3) is 0.286. The van der Waals surface area contributed by atoms with Crippen LogP contribution in [-0.4, -0.2) is 17.2 Å². The molecule has 0 atom stereocenters. The van der Waals surface area contributed by atoms with Crippen LogP contribution in [0.25, 0.3) is 0 Å². The van der Waals surface area contributed by atoms with E-state index in [4.69, 9.17) is 9.84 Å². The molecule has 0 spiro atoms. The van der Waals surface area contributed by atoms with E-state index in [2.05, 4.69) is 20.9 Å². The van der Waals surface area contributed by atoms with Crippen LogP contribution in [0.3, 0.4) is 0 Å². The molecule has 0 aliphatic rings. The number of hydrogen-bond donors (Lipinski definition) is 1. The molecule has 0 saturated carbocycles. The summed E-state index contributed by atoms with van der Waals surface area (Å²) in [4.78, 5) is 3.94. The molecule has 1 aromatic rings. The predicted octanol–water partition coefficient (Wildman–Crippen LogP) is 1.34. The number of ether oxygens (including phenoxy) is 1. The van der Waals surface area contributed by atoms with Gasteiger partial charge in [-0.05, 0) is 22.0 Å². The summed E-state index contributed by atoms with van der Waals surface area (Å²) in [5.74, 6) is 0.593. The lowest BCUT2D eigenvalue weighted by molar-refractivity contribution is 0.273. The van der Waals surface area contributed by atoms with Crippen LogP contribution in [0.1, 0.15) is 5.56 Å². The van der Waals surface area contributed by atoms with Gasteiger partial charge in [-0.25, -0.2) is 4.98 Å². The Labute approximate surface area is 73.2 Å². The zero-order valence-electron chi connectivity index (χ0n) is 6.04. The summed E-state index contributed by atoms with van der Waals surface area (Å²) in [6.07, 6.45) is 1.61. The number of rotatable bonds is 2. The first kappa shape index (κ1) is 8.49. The van der Waals surface area contributed by atoms with Gasteiger partial charge in [-0.2, -0.15) is 0 Å². The maximum atomic E-state index is 8.85. The number of nitrogens with zero attached hydrogens (tertiary/aromatic N) is 1. The highest BCUT2D eigenvalue weighted by molar-refractivity contribution is 9.10. The number of halogens is 1. The van der Waals surface area contributed by atoms with E-state index in [1.54, 1.807) is 19.4 Å². The Morgan fingerprint density at radius 1 is 1.73 bits per heavy atom. The first-order chi connectivity index (χ1) is 5.29. The van der Waals surface area contributed by atoms with Crippen LogP contribution >= 0.6 is 15.9 Å². The zero-order chi connectivity index (χ0) is 8.27. The van der Waals surface area contributed by atoms with E-state index in [1.165, 1.54) is 0 Å². The van der Waals surface area contributed by atoms with Crippen LogP contribution in [0.5, 0.6) is 5.75 Å². The summed E-state index contributed by atoms with van der Waals surface area (Å²) in [6.45, 7) is -0.0374. The lowest BCUT2D eigenvalue weighted by atomic mass is 10.3. The molecule has 0 unspecified atom stereocenters. The third-order valence-electron chi connectivity index (χ3n) is 1.32. The standard InChI is InChI=1S/C7H8BrNO2/c1-11-6-5(4-10)2-3-9-7(6)8/h2-3,10H,4H2,1H3. The van der Waals surface area contributed by atoms with Crippen molar-refractivity contribution in [3.63, 3.8) is 0 Å². The van der Waals surface area contributed by atoms with Gasteiger partial charge in [-0.15, -0.1) is 0 Å². The average molecular weight is 218 g/mol. The van der Waals surface area contributed by atoms with E-state index in [0.29, 0.717) is 10.4 Å². The Bertz CT molecular complexity index is 252. The Kier molecular flexibility index (Phi) is 2.84. The molecule has 11 heavy (non-hydrogen) atoms. The van der Waals surface area contributed by atoms with Crippen LogP contribution in [0.2, 0.25) is 0 Å². The summed E-state index contributed by atoms with van der Waals surface area (Å²) in [6, 6.07) is 1.71. The van der Waals surface area contributed by atoms with Crippen LogP contribution in [-0.2, 0) is 6.61 Å². The summed E-state index contributed by atoms with van der Waals surface area (Å²) in [7, 11) is 1.54. The Balaban J connectivity index is 3.13. The fourth-order valence-electron chi connectivity index (χ4n) is 0.799.